The molecule has 0 aliphatic heterocycles. The number of hydrogen-bond acceptors (Lipinski definition) is 2. The maximum absolute atomic E-state index is 12.6. The summed E-state index contributed by atoms with van der Waals surface area (Å²) in [6.45, 7) is 1.76. The Morgan fingerprint density at radius 2 is 1.67 bits per heavy atom. The van der Waals surface area contributed by atoms with E-state index in [1.807, 2.05) is 0 Å². The monoisotopic (exact) mass is 212 g/mol. The van der Waals surface area contributed by atoms with Crippen LogP contribution in [0.25, 0.3) is 0 Å². The summed E-state index contributed by atoms with van der Waals surface area (Å²) in [5.41, 5.74) is 11.7. The summed E-state index contributed by atoms with van der Waals surface area (Å²) < 4.78 is 12.6. The average molecular weight is 213 g/mol. The molecule has 0 saturated heterocycles. The summed E-state index contributed by atoms with van der Waals surface area (Å²) in [6, 6.07) is 2.99. The molecule has 70 valence electrons. The number of benzene rings is 1. The fourth-order valence-corrected chi connectivity index (χ4v) is 0.780. The minimum Gasteiger partial charge on any atom is -0.397 e. The minimum absolute atomic E-state index is 0. The molecule has 2 nitrogen and oxygen atoms in total. The Bertz CT molecular complexity index is 243. The van der Waals surface area contributed by atoms with Gasteiger partial charge in [0.15, 0.2) is 0 Å². The largest absolute Gasteiger partial charge is 0.397 e. The summed E-state index contributed by atoms with van der Waals surface area (Å²) in [6.07, 6.45) is 0. The van der Waals surface area contributed by atoms with Gasteiger partial charge in [0, 0.05) is 0 Å². The van der Waals surface area contributed by atoms with E-state index in [0.29, 0.717) is 5.69 Å². The van der Waals surface area contributed by atoms with Crippen molar-refractivity contribution in [2.45, 2.75) is 6.92 Å². The Morgan fingerprint density at radius 1 is 1.17 bits per heavy atom. The first-order chi connectivity index (χ1) is 4.61. The normalized spacial score (nSPS) is 8.17. The Morgan fingerprint density at radius 3 is 2.08 bits per heavy atom. The van der Waals surface area contributed by atoms with Gasteiger partial charge in [-0.15, -0.1) is 24.8 Å². The highest BCUT2D eigenvalue weighted by Crippen LogP contribution is 2.19. The summed E-state index contributed by atoms with van der Waals surface area (Å²) in [5, 5.41) is 0. The first-order valence-electron chi connectivity index (χ1n) is 2.92. The van der Waals surface area contributed by atoms with Crippen LogP contribution in [0.15, 0.2) is 12.1 Å². The fraction of sp³-hybridized carbons (Fsp3) is 0.143. The van der Waals surface area contributed by atoms with Gasteiger partial charge in [-0.3, -0.25) is 0 Å². The molecule has 0 spiro atoms. The van der Waals surface area contributed by atoms with E-state index in [1.54, 1.807) is 13.0 Å². The van der Waals surface area contributed by atoms with Crippen molar-refractivity contribution in [2.24, 2.45) is 0 Å². The second kappa shape index (κ2) is 5.06. The van der Waals surface area contributed by atoms with E-state index in [9.17, 15) is 4.39 Å². The van der Waals surface area contributed by atoms with Crippen LogP contribution in [0, 0.1) is 12.7 Å². The molecule has 0 radical (unpaired) electrons. The van der Waals surface area contributed by atoms with Gasteiger partial charge in [-0.25, -0.2) is 4.39 Å². The van der Waals surface area contributed by atoms with E-state index in [4.69, 9.17) is 11.5 Å². The zero-order valence-electron chi connectivity index (χ0n) is 6.50. The fourth-order valence-electron chi connectivity index (χ4n) is 0.780. The number of aryl methyl sites for hydroxylation is 1. The van der Waals surface area contributed by atoms with Crippen LogP contribution in [0.4, 0.5) is 15.8 Å². The third kappa shape index (κ3) is 2.75. The van der Waals surface area contributed by atoms with Gasteiger partial charge in [0.25, 0.3) is 0 Å². The number of hydrogen-bond donors (Lipinski definition) is 2. The lowest BCUT2D eigenvalue weighted by Gasteiger charge is -2.01. The second-order valence-electron chi connectivity index (χ2n) is 2.25. The standard InChI is InChI=1S/C7H9FN2.2ClH/c1-4-2-5(8)7(10)6(9)3-4;;/h2-3H,9-10H2,1H3;2*1H. The van der Waals surface area contributed by atoms with Crippen LogP contribution in [-0.2, 0) is 0 Å². The quantitative estimate of drug-likeness (QED) is 0.648. The van der Waals surface area contributed by atoms with Crippen LogP contribution in [0.1, 0.15) is 5.56 Å². The van der Waals surface area contributed by atoms with Gasteiger partial charge in [-0.1, -0.05) is 0 Å². The first kappa shape index (κ1) is 13.9. The topological polar surface area (TPSA) is 52.0 Å². The van der Waals surface area contributed by atoms with Gasteiger partial charge in [0.2, 0.25) is 0 Å². The molecule has 0 atom stereocenters. The van der Waals surface area contributed by atoms with E-state index in [1.165, 1.54) is 6.07 Å². The van der Waals surface area contributed by atoms with Crippen LogP contribution in [-0.4, -0.2) is 0 Å². The van der Waals surface area contributed by atoms with Crippen LogP contribution in [0.5, 0.6) is 0 Å². The molecule has 0 unspecified atom stereocenters. The molecule has 4 N–H and O–H groups in total. The van der Waals surface area contributed by atoms with Crippen molar-refractivity contribution in [2.75, 3.05) is 11.5 Å². The maximum atomic E-state index is 12.6. The summed E-state index contributed by atoms with van der Waals surface area (Å²) >= 11 is 0. The third-order valence-electron chi connectivity index (χ3n) is 1.31. The lowest BCUT2D eigenvalue weighted by atomic mass is 10.2. The van der Waals surface area contributed by atoms with Gasteiger partial charge < -0.3 is 11.5 Å². The molecular weight excluding hydrogens is 202 g/mol. The van der Waals surface area contributed by atoms with E-state index < -0.39 is 5.82 Å². The molecule has 0 aliphatic carbocycles. The molecule has 1 aromatic carbocycles. The zero-order chi connectivity index (χ0) is 7.72. The van der Waals surface area contributed by atoms with E-state index in [-0.39, 0.29) is 30.5 Å². The predicted octanol–water partition coefficient (Wildman–Crippen LogP) is 2.14. The molecule has 1 aromatic rings. The van der Waals surface area contributed by atoms with Gasteiger partial charge in [0.1, 0.15) is 5.82 Å². The van der Waals surface area contributed by atoms with Crippen molar-refractivity contribution in [3.05, 3.63) is 23.5 Å². The smallest absolute Gasteiger partial charge is 0.148 e. The average Bonchev–Trinajstić information content (AvgIpc) is 1.82. The Balaban J connectivity index is 0. The molecule has 0 bridgehead atoms. The van der Waals surface area contributed by atoms with Crippen LogP contribution in [0.2, 0.25) is 0 Å². The summed E-state index contributed by atoms with van der Waals surface area (Å²) in [5.74, 6) is -0.447. The SMILES string of the molecule is Cc1cc(N)c(N)c(F)c1.Cl.Cl. The molecule has 0 saturated carbocycles. The maximum Gasteiger partial charge on any atom is 0.148 e. The van der Waals surface area contributed by atoms with Gasteiger partial charge in [-0.2, -0.15) is 0 Å². The van der Waals surface area contributed by atoms with E-state index in [0.717, 1.165) is 5.56 Å². The number of nitrogens with two attached hydrogens (primary N) is 2. The van der Waals surface area contributed by atoms with Gasteiger partial charge in [0.05, 0.1) is 11.4 Å². The van der Waals surface area contributed by atoms with Crippen molar-refractivity contribution in [1.29, 1.82) is 0 Å². The first-order valence-corrected chi connectivity index (χ1v) is 2.92. The highest BCUT2D eigenvalue weighted by Gasteiger charge is 2.01. The van der Waals surface area contributed by atoms with Crippen LogP contribution < -0.4 is 11.5 Å². The zero-order valence-corrected chi connectivity index (χ0v) is 8.14. The highest BCUT2D eigenvalue weighted by atomic mass is 35.5. The molecule has 1 rings (SSSR count). The Labute approximate surface area is 82.9 Å². The van der Waals surface area contributed by atoms with Crippen LogP contribution >= 0.6 is 24.8 Å². The molecule has 0 amide bonds. The molecule has 12 heavy (non-hydrogen) atoms. The van der Waals surface area contributed by atoms with Gasteiger partial charge >= 0.3 is 0 Å². The molecular formula is C7H11Cl2FN2. The summed E-state index contributed by atoms with van der Waals surface area (Å²) in [7, 11) is 0. The van der Waals surface area contributed by atoms with E-state index in [2.05, 4.69) is 0 Å². The predicted molar refractivity (Wildman–Crippen MR) is 54.5 cm³/mol. The number of anilines is 2. The number of nitrogen functional groups attached to an aromatic ring is 2. The van der Waals surface area contributed by atoms with Gasteiger partial charge in [-0.05, 0) is 24.6 Å². The Hall–Kier alpha value is -0.670. The number of rotatable bonds is 0. The lowest BCUT2D eigenvalue weighted by molar-refractivity contribution is 0.632. The highest BCUT2D eigenvalue weighted by molar-refractivity contribution is 5.85. The Kier molecular flexibility index (Phi) is 5.86. The molecule has 0 aliphatic rings. The van der Waals surface area contributed by atoms with E-state index >= 15 is 0 Å². The molecule has 0 heterocycles. The van der Waals surface area contributed by atoms with Crippen molar-refractivity contribution in [1.82, 2.24) is 0 Å². The van der Waals surface area contributed by atoms with Crippen LogP contribution in [0.3, 0.4) is 0 Å². The lowest BCUT2D eigenvalue weighted by Crippen LogP contribution is -1.98. The molecule has 5 heteroatoms. The molecule has 0 fully saturated rings. The van der Waals surface area contributed by atoms with Crippen molar-refractivity contribution in [3.63, 3.8) is 0 Å². The third-order valence-corrected chi connectivity index (χ3v) is 1.31. The second-order valence-corrected chi connectivity index (χ2v) is 2.25. The summed E-state index contributed by atoms with van der Waals surface area (Å²) in [4.78, 5) is 0. The number of halogens is 3. The molecule has 0 aromatic heterocycles. The van der Waals surface area contributed by atoms with Crippen molar-refractivity contribution < 1.29 is 4.39 Å². The van der Waals surface area contributed by atoms with Crippen molar-refractivity contribution in [3.8, 4) is 0 Å². The van der Waals surface area contributed by atoms with Crippen molar-refractivity contribution >= 4 is 36.2 Å². The minimum atomic E-state index is -0.447.